The molecule has 3 heteroatoms. The van der Waals surface area contributed by atoms with E-state index in [0.717, 1.165) is 6.54 Å². The van der Waals surface area contributed by atoms with Crippen LogP contribution in [0.15, 0.2) is 24.3 Å². The average molecular weight is 234 g/mol. The smallest absolute Gasteiger partial charge is 0.0455 e. The molecule has 2 nitrogen and oxygen atoms in total. The van der Waals surface area contributed by atoms with E-state index in [1.165, 1.54) is 42.3 Å². The summed E-state index contributed by atoms with van der Waals surface area (Å²) in [5.74, 6) is 2.60. The Kier molecular flexibility index (Phi) is 3.18. The first-order chi connectivity index (χ1) is 7.93. The summed E-state index contributed by atoms with van der Waals surface area (Å²) >= 11 is 2.08. The Morgan fingerprint density at radius 2 is 2.06 bits per heavy atom. The lowest BCUT2D eigenvalue weighted by molar-refractivity contribution is 0.270. The number of nitrogens with zero attached hydrogens (tertiary/aromatic N) is 1. The topological polar surface area (TPSA) is 15.3 Å². The third kappa shape index (κ3) is 2.12. The molecule has 86 valence electrons. The maximum Gasteiger partial charge on any atom is 0.0455 e. The lowest BCUT2D eigenvalue weighted by Crippen LogP contribution is -2.37. The molecule has 1 aromatic rings. The van der Waals surface area contributed by atoms with Crippen LogP contribution in [-0.4, -0.2) is 36.0 Å². The standard InChI is InChI=1S/C13H18N2S/c1-2-4-12-11(3-1)9-14-13(12)10-15-5-7-16-8-6-15/h1-4,13-14H,5-10H2. The Morgan fingerprint density at radius 1 is 1.25 bits per heavy atom. The molecule has 1 atom stereocenters. The van der Waals surface area contributed by atoms with Gasteiger partial charge in [-0.3, -0.25) is 4.90 Å². The van der Waals surface area contributed by atoms with Gasteiger partial charge in [-0.05, 0) is 11.1 Å². The molecule has 1 fully saturated rings. The first-order valence-corrected chi connectivity index (χ1v) is 7.20. The Balaban J connectivity index is 1.68. The quantitative estimate of drug-likeness (QED) is 0.841. The molecule has 1 unspecified atom stereocenters. The van der Waals surface area contributed by atoms with Gasteiger partial charge in [-0.15, -0.1) is 0 Å². The van der Waals surface area contributed by atoms with Crippen LogP contribution in [0.25, 0.3) is 0 Å². The highest BCUT2D eigenvalue weighted by Gasteiger charge is 2.23. The van der Waals surface area contributed by atoms with Crippen molar-refractivity contribution in [2.75, 3.05) is 31.1 Å². The minimum Gasteiger partial charge on any atom is -0.305 e. The SMILES string of the molecule is c1ccc2c(c1)CNC2CN1CCSCC1. The largest absolute Gasteiger partial charge is 0.305 e. The van der Waals surface area contributed by atoms with Gasteiger partial charge < -0.3 is 5.32 Å². The molecule has 2 heterocycles. The Labute approximate surface area is 101 Å². The number of hydrogen-bond acceptors (Lipinski definition) is 3. The Hall–Kier alpha value is -0.510. The van der Waals surface area contributed by atoms with Crippen LogP contribution in [0.3, 0.4) is 0 Å². The van der Waals surface area contributed by atoms with E-state index in [1.54, 1.807) is 0 Å². The number of rotatable bonds is 2. The van der Waals surface area contributed by atoms with Gasteiger partial charge in [0.15, 0.2) is 0 Å². The molecule has 2 aliphatic rings. The molecular weight excluding hydrogens is 216 g/mol. The van der Waals surface area contributed by atoms with Crippen molar-refractivity contribution in [3.8, 4) is 0 Å². The van der Waals surface area contributed by atoms with Crippen molar-refractivity contribution in [2.24, 2.45) is 0 Å². The Morgan fingerprint density at radius 3 is 2.94 bits per heavy atom. The molecule has 0 aromatic heterocycles. The van der Waals surface area contributed by atoms with Crippen LogP contribution in [0.1, 0.15) is 17.2 Å². The predicted octanol–water partition coefficient (Wildman–Crippen LogP) is 1.88. The predicted molar refractivity (Wildman–Crippen MR) is 69.8 cm³/mol. The van der Waals surface area contributed by atoms with Crippen molar-refractivity contribution in [3.63, 3.8) is 0 Å². The summed E-state index contributed by atoms with van der Waals surface area (Å²) in [4.78, 5) is 2.59. The monoisotopic (exact) mass is 234 g/mol. The van der Waals surface area contributed by atoms with E-state index in [2.05, 4.69) is 46.2 Å². The second-order valence-electron chi connectivity index (χ2n) is 4.55. The lowest BCUT2D eigenvalue weighted by atomic mass is 10.0. The van der Waals surface area contributed by atoms with E-state index < -0.39 is 0 Å². The summed E-state index contributed by atoms with van der Waals surface area (Å²) in [6.45, 7) is 4.73. The first kappa shape index (κ1) is 10.6. The molecule has 0 amide bonds. The van der Waals surface area contributed by atoms with E-state index >= 15 is 0 Å². The molecule has 2 aliphatic heterocycles. The second-order valence-corrected chi connectivity index (χ2v) is 5.77. The van der Waals surface area contributed by atoms with Crippen LogP contribution in [0.2, 0.25) is 0 Å². The van der Waals surface area contributed by atoms with E-state index in [9.17, 15) is 0 Å². The summed E-state index contributed by atoms with van der Waals surface area (Å²) in [7, 11) is 0. The molecule has 0 radical (unpaired) electrons. The second kappa shape index (κ2) is 4.78. The van der Waals surface area contributed by atoms with Crippen LogP contribution in [0.4, 0.5) is 0 Å². The van der Waals surface area contributed by atoms with Crippen LogP contribution in [0.5, 0.6) is 0 Å². The van der Waals surface area contributed by atoms with Crippen LogP contribution >= 0.6 is 11.8 Å². The minimum atomic E-state index is 0.555. The van der Waals surface area contributed by atoms with Gasteiger partial charge in [-0.2, -0.15) is 11.8 Å². The van der Waals surface area contributed by atoms with E-state index in [-0.39, 0.29) is 0 Å². The van der Waals surface area contributed by atoms with Crippen LogP contribution < -0.4 is 5.32 Å². The molecule has 1 N–H and O–H groups in total. The average Bonchev–Trinajstić information content (AvgIpc) is 2.74. The van der Waals surface area contributed by atoms with Crippen molar-refractivity contribution in [1.29, 1.82) is 0 Å². The molecule has 16 heavy (non-hydrogen) atoms. The van der Waals surface area contributed by atoms with E-state index in [1.807, 2.05) is 0 Å². The minimum absolute atomic E-state index is 0.555. The van der Waals surface area contributed by atoms with Gasteiger partial charge in [0, 0.05) is 43.7 Å². The number of nitrogens with one attached hydrogen (secondary N) is 1. The fourth-order valence-electron chi connectivity index (χ4n) is 2.58. The van der Waals surface area contributed by atoms with Crippen molar-refractivity contribution >= 4 is 11.8 Å². The lowest BCUT2D eigenvalue weighted by Gasteiger charge is -2.29. The molecule has 0 spiro atoms. The molecule has 1 saturated heterocycles. The van der Waals surface area contributed by atoms with Crippen LogP contribution in [0, 0.1) is 0 Å². The van der Waals surface area contributed by atoms with Crippen molar-refractivity contribution < 1.29 is 0 Å². The highest BCUT2D eigenvalue weighted by Crippen LogP contribution is 2.26. The van der Waals surface area contributed by atoms with Crippen molar-refractivity contribution in [3.05, 3.63) is 35.4 Å². The summed E-state index contributed by atoms with van der Waals surface area (Å²) in [6, 6.07) is 9.37. The highest BCUT2D eigenvalue weighted by atomic mass is 32.2. The van der Waals surface area contributed by atoms with Gasteiger partial charge in [0.05, 0.1) is 0 Å². The molecule has 1 aromatic carbocycles. The summed E-state index contributed by atoms with van der Waals surface area (Å²) in [5, 5.41) is 3.62. The normalized spacial score (nSPS) is 25.6. The highest BCUT2D eigenvalue weighted by molar-refractivity contribution is 7.99. The third-order valence-electron chi connectivity index (χ3n) is 3.51. The van der Waals surface area contributed by atoms with Gasteiger partial charge in [-0.1, -0.05) is 24.3 Å². The molecule has 0 bridgehead atoms. The van der Waals surface area contributed by atoms with Gasteiger partial charge in [0.25, 0.3) is 0 Å². The number of fused-ring (bicyclic) bond motifs is 1. The van der Waals surface area contributed by atoms with Gasteiger partial charge in [0.1, 0.15) is 0 Å². The third-order valence-corrected chi connectivity index (χ3v) is 4.46. The first-order valence-electron chi connectivity index (χ1n) is 6.05. The summed E-state index contributed by atoms with van der Waals surface area (Å²) in [6.07, 6.45) is 0. The number of thioether (sulfide) groups is 1. The van der Waals surface area contributed by atoms with E-state index in [0.29, 0.717) is 6.04 Å². The molecule has 0 aliphatic carbocycles. The maximum absolute atomic E-state index is 3.62. The van der Waals surface area contributed by atoms with Crippen molar-refractivity contribution in [1.82, 2.24) is 10.2 Å². The number of hydrogen-bond donors (Lipinski definition) is 1. The molecular formula is C13H18N2S. The zero-order chi connectivity index (χ0) is 10.8. The van der Waals surface area contributed by atoms with Crippen LogP contribution in [-0.2, 0) is 6.54 Å². The van der Waals surface area contributed by atoms with Gasteiger partial charge >= 0.3 is 0 Å². The van der Waals surface area contributed by atoms with E-state index in [4.69, 9.17) is 0 Å². The maximum atomic E-state index is 3.62. The summed E-state index contributed by atoms with van der Waals surface area (Å²) in [5.41, 5.74) is 3.00. The van der Waals surface area contributed by atoms with Crippen molar-refractivity contribution in [2.45, 2.75) is 12.6 Å². The van der Waals surface area contributed by atoms with Gasteiger partial charge in [-0.25, -0.2) is 0 Å². The fraction of sp³-hybridized carbons (Fsp3) is 0.538. The zero-order valence-corrected chi connectivity index (χ0v) is 10.3. The number of benzene rings is 1. The summed E-state index contributed by atoms with van der Waals surface area (Å²) < 4.78 is 0. The molecule has 3 rings (SSSR count). The Bertz CT molecular complexity index is 361. The molecule has 0 saturated carbocycles. The zero-order valence-electron chi connectivity index (χ0n) is 9.48. The fourth-order valence-corrected chi connectivity index (χ4v) is 3.56. The van der Waals surface area contributed by atoms with Gasteiger partial charge in [0.2, 0.25) is 0 Å².